The van der Waals surface area contributed by atoms with Crippen molar-refractivity contribution in [3.05, 3.63) is 22.8 Å². The minimum atomic E-state index is -0.199. The van der Waals surface area contributed by atoms with E-state index in [9.17, 15) is 4.79 Å². The Kier molecular flexibility index (Phi) is 4.61. The first-order valence-corrected chi connectivity index (χ1v) is 6.82. The Morgan fingerprint density at radius 1 is 1.63 bits per heavy atom. The molecule has 19 heavy (non-hydrogen) atoms. The Morgan fingerprint density at radius 2 is 2.42 bits per heavy atom. The predicted molar refractivity (Wildman–Crippen MR) is 74.2 cm³/mol. The lowest BCUT2D eigenvalue weighted by Gasteiger charge is -2.24. The van der Waals surface area contributed by atoms with Crippen molar-refractivity contribution >= 4 is 23.3 Å². The second kappa shape index (κ2) is 6.21. The number of carbonyl (C=O) groups is 1. The van der Waals surface area contributed by atoms with Crippen molar-refractivity contribution < 1.29 is 9.53 Å². The third kappa shape index (κ3) is 3.36. The van der Waals surface area contributed by atoms with Crippen LogP contribution in [0.3, 0.4) is 0 Å². The summed E-state index contributed by atoms with van der Waals surface area (Å²) in [7, 11) is 0. The highest BCUT2D eigenvalue weighted by Gasteiger charge is 2.24. The van der Waals surface area contributed by atoms with Crippen LogP contribution in [0.2, 0.25) is 5.02 Å². The highest BCUT2D eigenvalue weighted by atomic mass is 35.5. The summed E-state index contributed by atoms with van der Waals surface area (Å²) in [6.07, 6.45) is 2.15. The molecule has 1 atom stereocenters. The molecule has 0 spiro atoms. The van der Waals surface area contributed by atoms with E-state index in [1.165, 1.54) is 0 Å². The van der Waals surface area contributed by atoms with E-state index < -0.39 is 0 Å². The fourth-order valence-corrected chi connectivity index (χ4v) is 2.33. The van der Waals surface area contributed by atoms with Crippen LogP contribution in [0.15, 0.2) is 12.1 Å². The van der Waals surface area contributed by atoms with Crippen LogP contribution in [-0.4, -0.2) is 41.6 Å². The lowest BCUT2D eigenvalue weighted by Crippen LogP contribution is -2.37. The zero-order valence-corrected chi connectivity index (χ0v) is 11.7. The lowest BCUT2D eigenvalue weighted by molar-refractivity contribution is 0.0535. The fraction of sp³-hybridized carbons (Fsp3) is 0.538. The summed E-state index contributed by atoms with van der Waals surface area (Å²) in [6, 6.07) is 3.17. The number of aromatic nitrogens is 1. The largest absolute Gasteiger partial charge is 0.384 e. The van der Waals surface area contributed by atoms with Crippen LogP contribution < -0.4 is 5.73 Å². The molecule has 6 heteroatoms. The fourth-order valence-electron chi connectivity index (χ4n) is 2.15. The van der Waals surface area contributed by atoms with Gasteiger partial charge in [0, 0.05) is 19.7 Å². The van der Waals surface area contributed by atoms with Crippen molar-refractivity contribution in [1.82, 2.24) is 9.88 Å². The van der Waals surface area contributed by atoms with E-state index >= 15 is 0 Å². The van der Waals surface area contributed by atoms with Gasteiger partial charge in [0.1, 0.15) is 11.5 Å². The molecule has 0 radical (unpaired) electrons. The van der Waals surface area contributed by atoms with Gasteiger partial charge >= 0.3 is 0 Å². The third-order valence-electron chi connectivity index (χ3n) is 3.19. The van der Waals surface area contributed by atoms with E-state index in [4.69, 9.17) is 22.1 Å². The number of anilines is 1. The summed E-state index contributed by atoms with van der Waals surface area (Å²) in [5.74, 6) is 0.0937. The van der Waals surface area contributed by atoms with Crippen molar-refractivity contribution in [3.8, 4) is 0 Å². The summed E-state index contributed by atoms with van der Waals surface area (Å²) in [6.45, 7) is 3.86. The first kappa shape index (κ1) is 14.1. The number of hydrogen-bond acceptors (Lipinski definition) is 4. The van der Waals surface area contributed by atoms with Crippen LogP contribution in [0, 0.1) is 0 Å². The van der Waals surface area contributed by atoms with E-state index in [2.05, 4.69) is 4.98 Å². The molecular weight excluding hydrogens is 266 g/mol. The van der Waals surface area contributed by atoms with Gasteiger partial charge in [0.15, 0.2) is 0 Å². The molecule has 1 fully saturated rings. The number of rotatable bonds is 4. The molecule has 0 aromatic carbocycles. The molecule has 1 aliphatic rings. The smallest absolute Gasteiger partial charge is 0.274 e. The molecule has 1 amide bonds. The number of carbonyl (C=O) groups excluding carboxylic acids is 1. The van der Waals surface area contributed by atoms with Crippen LogP contribution in [0.25, 0.3) is 0 Å². The number of ether oxygens (including phenoxy) is 1. The molecule has 104 valence electrons. The first-order chi connectivity index (χ1) is 9.11. The SMILES string of the molecule is CCN(CC1CCCO1)C(=O)c1nc(N)ccc1Cl. The zero-order chi connectivity index (χ0) is 13.8. The van der Waals surface area contributed by atoms with Gasteiger partial charge in [-0.2, -0.15) is 0 Å². The van der Waals surface area contributed by atoms with Crippen LogP contribution in [-0.2, 0) is 4.74 Å². The topological polar surface area (TPSA) is 68.5 Å². The molecule has 1 aliphatic heterocycles. The summed E-state index contributed by atoms with van der Waals surface area (Å²) in [5, 5.41) is 0.324. The van der Waals surface area contributed by atoms with Gasteiger partial charge < -0.3 is 15.4 Å². The van der Waals surface area contributed by atoms with Crippen molar-refractivity contribution in [1.29, 1.82) is 0 Å². The van der Waals surface area contributed by atoms with Gasteiger partial charge in [-0.1, -0.05) is 11.6 Å². The molecule has 0 saturated carbocycles. The molecule has 2 N–H and O–H groups in total. The van der Waals surface area contributed by atoms with Crippen LogP contribution in [0.1, 0.15) is 30.3 Å². The Hall–Kier alpha value is -1.33. The highest BCUT2D eigenvalue weighted by molar-refractivity contribution is 6.33. The molecule has 1 aromatic rings. The highest BCUT2D eigenvalue weighted by Crippen LogP contribution is 2.19. The van der Waals surface area contributed by atoms with Gasteiger partial charge in [-0.25, -0.2) is 4.98 Å². The van der Waals surface area contributed by atoms with Crippen molar-refractivity contribution in [2.24, 2.45) is 0 Å². The van der Waals surface area contributed by atoms with Crippen molar-refractivity contribution in [2.75, 3.05) is 25.4 Å². The maximum absolute atomic E-state index is 12.4. The quantitative estimate of drug-likeness (QED) is 0.917. The minimum Gasteiger partial charge on any atom is -0.384 e. The molecule has 5 nitrogen and oxygen atoms in total. The Bertz CT molecular complexity index is 461. The Morgan fingerprint density at radius 3 is 3.05 bits per heavy atom. The van der Waals surface area contributed by atoms with Crippen molar-refractivity contribution in [2.45, 2.75) is 25.9 Å². The zero-order valence-electron chi connectivity index (χ0n) is 10.9. The normalized spacial score (nSPS) is 18.5. The molecule has 1 saturated heterocycles. The van der Waals surface area contributed by atoms with E-state index in [1.807, 2.05) is 6.92 Å². The number of nitrogens with two attached hydrogens (primary N) is 1. The van der Waals surface area contributed by atoms with Gasteiger partial charge in [0.25, 0.3) is 5.91 Å². The monoisotopic (exact) mass is 283 g/mol. The molecule has 1 aromatic heterocycles. The van der Waals surface area contributed by atoms with Gasteiger partial charge in [-0.05, 0) is 31.9 Å². The number of halogens is 1. The second-order valence-electron chi connectivity index (χ2n) is 4.55. The molecular formula is C13H18ClN3O2. The average molecular weight is 284 g/mol. The summed E-state index contributed by atoms with van der Waals surface area (Å²) < 4.78 is 5.55. The molecule has 2 rings (SSSR count). The van der Waals surface area contributed by atoms with E-state index in [0.29, 0.717) is 23.9 Å². The van der Waals surface area contributed by atoms with Gasteiger partial charge in [-0.3, -0.25) is 4.79 Å². The van der Waals surface area contributed by atoms with Crippen LogP contribution in [0.5, 0.6) is 0 Å². The second-order valence-corrected chi connectivity index (χ2v) is 4.95. The van der Waals surface area contributed by atoms with Gasteiger partial charge in [0.2, 0.25) is 0 Å². The maximum Gasteiger partial charge on any atom is 0.274 e. The first-order valence-electron chi connectivity index (χ1n) is 6.44. The van der Waals surface area contributed by atoms with Crippen LogP contribution >= 0.6 is 11.6 Å². The lowest BCUT2D eigenvalue weighted by atomic mass is 10.2. The molecule has 0 bridgehead atoms. The Balaban J connectivity index is 2.12. The number of likely N-dealkylation sites (N-methyl/N-ethyl adjacent to an activating group) is 1. The molecule has 2 heterocycles. The number of amides is 1. The number of pyridine rings is 1. The summed E-state index contributed by atoms with van der Waals surface area (Å²) >= 11 is 6.01. The van der Waals surface area contributed by atoms with Crippen molar-refractivity contribution in [3.63, 3.8) is 0 Å². The number of nitrogen functional groups attached to an aromatic ring is 1. The van der Waals surface area contributed by atoms with E-state index in [-0.39, 0.29) is 17.7 Å². The van der Waals surface area contributed by atoms with E-state index in [0.717, 1.165) is 19.4 Å². The predicted octanol–water partition coefficient (Wildman–Crippen LogP) is 1.96. The minimum absolute atomic E-state index is 0.115. The maximum atomic E-state index is 12.4. The van der Waals surface area contributed by atoms with Gasteiger partial charge in [0.05, 0.1) is 11.1 Å². The number of hydrogen-bond donors (Lipinski definition) is 1. The molecule has 1 unspecified atom stereocenters. The summed E-state index contributed by atoms with van der Waals surface area (Å²) in [4.78, 5) is 18.1. The standard InChI is InChI=1S/C13H18ClN3O2/c1-2-17(8-9-4-3-7-19-9)13(18)12-10(14)5-6-11(15)16-12/h5-6,9H,2-4,7-8H2,1H3,(H2,15,16). The number of nitrogens with zero attached hydrogens (tertiary/aromatic N) is 2. The average Bonchev–Trinajstić information content (AvgIpc) is 2.91. The Labute approximate surface area is 117 Å². The van der Waals surface area contributed by atoms with Gasteiger partial charge in [-0.15, -0.1) is 0 Å². The molecule has 0 aliphatic carbocycles. The summed E-state index contributed by atoms with van der Waals surface area (Å²) in [5.41, 5.74) is 5.82. The van der Waals surface area contributed by atoms with E-state index in [1.54, 1.807) is 17.0 Å². The van der Waals surface area contributed by atoms with Crippen LogP contribution in [0.4, 0.5) is 5.82 Å². The third-order valence-corrected chi connectivity index (χ3v) is 3.49.